The lowest BCUT2D eigenvalue weighted by Crippen LogP contribution is -2.66. The molecule has 212 valence electrons. The van der Waals surface area contributed by atoms with Crippen molar-refractivity contribution in [1.29, 1.82) is 0 Å². The number of hydrogen-bond acceptors (Lipinski definition) is 1. The lowest BCUT2D eigenvalue weighted by atomic mass is 9.42. The van der Waals surface area contributed by atoms with E-state index in [9.17, 15) is 0 Å². The molecule has 0 aromatic rings. The van der Waals surface area contributed by atoms with Crippen LogP contribution in [0.25, 0.3) is 0 Å². The highest BCUT2D eigenvalue weighted by molar-refractivity contribution is 5.23. The Labute approximate surface area is 231 Å². The second-order valence-electron chi connectivity index (χ2n) is 16.0. The topological polar surface area (TPSA) is 26.0 Å². The van der Waals surface area contributed by atoms with Crippen molar-refractivity contribution in [1.82, 2.24) is 0 Å². The minimum atomic E-state index is 0.0436. The van der Waals surface area contributed by atoms with Gasteiger partial charge in [-0.05, 0) is 148 Å². The van der Waals surface area contributed by atoms with Crippen molar-refractivity contribution in [3.63, 3.8) is 0 Å². The highest BCUT2D eigenvalue weighted by Gasteiger charge is 2.66. The van der Waals surface area contributed by atoms with Crippen LogP contribution in [0.4, 0.5) is 0 Å². The lowest BCUT2D eigenvalue weighted by molar-refractivity contribution is -0.128. The molecule has 0 radical (unpaired) electrons. The van der Waals surface area contributed by atoms with Gasteiger partial charge in [0.25, 0.3) is 0 Å². The predicted molar refractivity (Wildman–Crippen MR) is 160 cm³/mol. The fourth-order valence-electron chi connectivity index (χ4n) is 13.0. The van der Waals surface area contributed by atoms with E-state index in [1.807, 2.05) is 0 Å². The van der Waals surface area contributed by atoms with Gasteiger partial charge in [-0.1, -0.05) is 73.0 Å². The smallest absolute Gasteiger partial charge is 0.0246 e. The van der Waals surface area contributed by atoms with Crippen LogP contribution in [0.5, 0.6) is 0 Å². The largest absolute Gasteiger partial charge is 0.324 e. The molecular formula is C36H63N. The van der Waals surface area contributed by atoms with Gasteiger partial charge in [-0.2, -0.15) is 0 Å². The molecule has 0 aromatic heterocycles. The van der Waals surface area contributed by atoms with Gasteiger partial charge in [0.15, 0.2) is 0 Å². The van der Waals surface area contributed by atoms with Crippen LogP contribution in [0.1, 0.15) is 138 Å². The monoisotopic (exact) mass is 509 g/mol. The lowest BCUT2D eigenvalue weighted by Gasteiger charge is -2.64. The summed E-state index contributed by atoms with van der Waals surface area (Å²) in [6.45, 7) is 22.0. The molecule has 13 unspecified atom stereocenters. The van der Waals surface area contributed by atoms with Crippen LogP contribution in [0.15, 0.2) is 12.2 Å². The minimum absolute atomic E-state index is 0.0436. The Morgan fingerprint density at radius 3 is 2.16 bits per heavy atom. The first-order chi connectivity index (χ1) is 17.5. The summed E-state index contributed by atoms with van der Waals surface area (Å²) in [4.78, 5) is 0. The van der Waals surface area contributed by atoms with Crippen LogP contribution in [-0.4, -0.2) is 5.54 Å². The number of allylic oxidation sites excluding steroid dienone is 1. The normalized spacial score (nSPS) is 53.7. The van der Waals surface area contributed by atoms with E-state index in [-0.39, 0.29) is 11.0 Å². The second kappa shape index (κ2) is 10.3. The van der Waals surface area contributed by atoms with E-state index in [2.05, 4.69) is 55.0 Å². The first kappa shape index (κ1) is 28.2. The Balaban J connectivity index is 1.29. The molecule has 0 saturated heterocycles. The Bertz CT molecular complexity index is 831. The van der Waals surface area contributed by atoms with Gasteiger partial charge in [0.05, 0.1) is 0 Å². The highest BCUT2D eigenvalue weighted by atomic mass is 14.9. The van der Waals surface area contributed by atoms with Gasteiger partial charge < -0.3 is 5.73 Å². The van der Waals surface area contributed by atoms with Gasteiger partial charge in [-0.3, -0.25) is 0 Å². The SMILES string of the molecule is C=C(C)C1CCC2(N)C3CCC4CC(CC5CC(C)C(CC)C(CC)C5CC)CCC4(C)C3CCC12C. The highest BCUT2D eigenvalue weighted by Crippen LogP contribution is 2.69. The van der Waals surface area contributed by atoms with Gasteiger partial charge >= 0.3 is 0 Å². The van der Waals surface area contributed by atoms with E-state index in [0.29, 0.717) is 11.3 Å². The van der Waals surface area contributed by atoms with E-state index in [0.717, 1.165) is 53.3 Å². The maximum atomic E-state index is 7.56. The zero-order valence-electron chi connectivity index (χ0n) is 26.0. The molecule has 5 saturated carbocycles. The van der Waals surface area contributed by atoms with Crippen LogP contribution in [0.2, 0.25) is 0 Å². The van der Waals surface area contributed by atoms with E-state index in [4.69, 9.17) is 5.73 Å². The molecule has 0 amide bonds. The summed E-state index contributed by atoms with van der Waals surface area (Å²) in [5, 5.41) is 0. The summed E-state index contributed by atoms with van der Waals surface area (Å²) in [6.07, 6.45) is 19.9. The average Bonchev–Trinajstić information content (AvgIpc) is 3.15. The summed E-state index contributed by atoms with van der Waals surface area (Å²) in [7, 11) is 0. The molecule has 5 rings (SSSR count). The molecule has 0 aromatic carbocycles. The summed E-state index contributed by atoms with van der Waals surface area (Å²) in [6, 6.07) is 0. The van der Waals surface area contributed by atoms with Crippen molar-refractivity contribution in [3.8, 4) is 0 Å². The van der Waals surface area contributed by atoms with Crippen LogP contribution in [0, 0.1) is 70.0 Å². The molecule has 0 aliphatic heterocycles. The molecule has 2 N–H and O–H groups in total. The predicted octanol–water partition coefficient (Wildman–Crippen LogP) is 10.0. The van der Waals surface area contributed by atoms with Crippen LogP contribution < -0.4 is 5.73 Å². The van der Waals surface area contributed by atoms with Crippen molar-refractivity contribution in [2.24, 2.45) is 75.7 Å². The summed E-state index contributed by atoms with van der Waals surface area (Å²) < 4.78 is 0. The van der Waals surface area contributed by atoms with E-state index in [1.165, 1.54) is 95.5 Å². The Hall–Kier alpha value is -0.300. The Morgan fingerprint density at radius 2 is 1.51 bits per heavy atom. The third kappa shape index (κ3) is 4.25. The standard InChI is InChI=1S/C36H63N/c1-9-28-24(6)20-26(29(10-2)30(28)11-3)21-25-14-17-34(7)27(22-25)12-13-33-32(34)15-18-35(8)31(23(4)5)16-19-36(33,35)37/h24-33H,4,9-22,37H2,1-3,5-8H3. The fourth-order valence-corrected chi connectivity index (χ4v) is 13.0. The van der Waals surface area contributed by atoms with Gasteiger partial charge in [0.1, 0.15) is 0 Å². The molecule has 0 heterocycles. The quantitative estimate of drug-likeness (QED) is 0.354. The van der Waals surface area contributed by atoms with Gasteiger partial charge in [-0.15, -0.1) is 0 Å². The van der Waals surface area contributed by atoms with Gasteiger partial charge in [-0.25, -0.2) is 0 Å². The van der Waals surface area contributed by atoms with Crippen molar-refractivity contribution < 1.29 is 0 Å². The second-order valence-corrected chi connectivity index (χ2v) is 16.0. The van der Waals surface area contributed by atoms with Gasteiger partial charge in [0, 0.05) is 5.54 Å². The molecule has 0 spiro atoms. The van der Waals surface area contributed by atoms with Crippen LogP contribution >= 0.6 is 0 Å². The molecule has 5 aliphatic rings. The molecule has 37 heavy (non-hydrogen) atoms. The van der Waals surface area contributed by atoms with E-state index >= 15 is 0 Å². The van der Waals surface area contributed by atoms with E-state index in [1.54, 1.807) is 0 Å². The fraction of sp³-hybridized carbons (Fsp3) is 0.944. The first-order valence-corrected chi connectivity index (χ1v) is 17.0. The number of rotatable bonds is 6. The molecule has 13 atom stereocenters. The zero-order chi connectivity index (χ0) is 26.8. The summed E-state index contributed by atoms with van der Waals surface area (Å²) in [5.41, 5.74) is 9.82. The number of hydrogen-bond donors (Lipinski definition) is 1. The van der Waals surface area contributed by atoms with Crippen LogP contribution in [-0.2, 0) is 0 Å². The van der Waals surface area contributed by atoms with Crippen molar-refractivity contribution >= 4 is 0 Å². The summed E-state index contributed by atoms with van der Waals surface area (Å²) in [5.74, 6) is 9.02. The van der Waals surface area contributed by atoms with E-state index < -0.39 is 0 Å². The zero-order valence-corrected chi connectivity index (χ0v) is 26.0. The number of nitrogens with two attached hydrogens (primary N) is 1. The van der Waals surface area contributed by atoms with Gasteiger partial charge in [0.2, 0.25) is 0 Å². The maximum Gasteiger partial charge on any atom is 0.0246 e. The summed E-state index contributed by atoms with van der Waals surface area (Å²) >= 11 is 0. The molecule has 5 aliphatic carbocycles. The molecule has 1 heteroatoms. The maximum absolute atomic E-state index is 7.56. The molecular weight excluding hydrogens is 446 g/mol. The van der Waals surface area contributed by atoms with Crippen molar-refractivity contribution in [3.05, 3.63) is 12.2 Å². The number of fused-ring (bicyclic) bond motifs is 5. The van der Waals surface area contributed by atoms with Crippen molar-refractivity contribution in [2.45, 2.75) is 144 Å². The van der Waals surface area contributed by atoms with Crippen molar-refractivity contribution in [2.75, 3.05) is 0 Å². The third-order valence-corrected chi connectivity index (χ3v) is 14.9. The minimum Gasteiger partial charge on any atom is -0.324 e. The molecule has 0 bridgehead atoms. The first-order valence-electron chi connectivity index (χ1n) is 17.0. The van der Waals surface area contributed by atoms with Crippen LogP contribution in [0.3, 0.4) is 0 Å². The Morgan fingerprint density at radius 1 is 0.811 bits per heavy atom. The third-order valence-electron chi connectivity index (χ3n) is 14.9. The molecule has 5 fully saturated rings. The molecule has 1 nitrogen and oxygen atoms in total. The Kier molecular flexibility index (Phi) is 7.84. The average molecular weight is 510 g/mol.